The Balaban J connectivity index is 1.61. The van der Waals surface area contributed by atoms with Crippen LogP contribution in [0.3, 0.4) is 0 Å². The molecule has 1 fully saturated rings. The third kappa shape index (κ3) is 4.85. The smallest absolute Gasteiger partial charge is 0.269 e. The van der Waals surface area contributed by atoms with Crippen molar-refractivity contribution >= 4 is 35.2 Å². The molecule has 1 saturated heterocycles. The van der Waals surface area contributed by atoms with Gasteiger partial charge in [0.2, 0.25) is 11.8 Å². The van der Waals surface area contributed by atoms with Crippen molar-refractivity contribution in [1.29, 1.82) is 0 Å². The summed E-state index contributed by atoms with van der Waals surface area (Å²) in [5.74, 6) is -0.719. The number of benzene rings is 2. The monoisotopic (exact) mass is 429 g/mol. The Hall–Kier alpha value is -3.20. The predicted molar refractivity (Wildman–Crippen MR) is 114 cm³/mol. The van der Waals surface area contributed by atoms with Crippen LogP contribution in [-0.2, 0) is 9.59 Å². The van der Waals surface area contributed by atoms with E-state index in [0.717, 1.165) is 10.6 Å². The molecular formula is C21H23N3O5S. The lowest BCUT2D eigenvalue weighted by atomic mass is 10.1. The highest BCUT2D eigenvalue weighted by atomic mass is 32.2. The Morgan fingerprint density at radius 3 is 2.40 bits per heavy atom. The normalized spacial score (nSPS) is 15.6. The molecule has 0 bridgehead atoms. The SMILES string of the molecule is COc1cc(OC)cc(C(=O)NNC(=O)[C@@H]2CC(=O)N(c3cccc(SC)c3)C2)c1. The standard InChI is InChI=1S/C21H23N3O5S/c1-28-16-7-13(8-17(11-16)29-2)20(26)22-23-21(27)14-9-19(25)24(12-14)15-5-4-6-18(10-15)30-3/h4-8,10-11,14H,9,12H2,1-3H3,(H,22,26)(H,23,27)/t14-/m1/s1. The number of nitrogens with zero attached hydrogens (tertiary/aromatic N) is 1. The van der Waals surface area contributed by atoms with Crippen LogP contribution >= 0.6 is 11.8 Å². The summed E-state index contributed by atoms with van der Waals surface area (Å²) in [5.41, 5.74) is 5.82. The fourth-order valence-electron chi connectivity index (χ4n) is 3.14. The average Bonchev–Trinajstić information content (AvgIpc) is 3.18. The summed E-state index contributed by atoms with van der Waals surface area (Å²) in [5, 5.41) is 0. The third-order valence-corrected chi connectivity index (χ3v) is 5.50. The van der Waals surface area contributed by atoms with Crippen LogP contribution in [0.5, 0.6) is 11.5 Å². The Kier molecular flexibility index (Phi) is 6.83. The molecule has 0 spiro atoms. The minimum absolute atomic E-state index is 0.0815. The number of carbonyl (C=O) groups is 3. The minimum Gasteiger partial charge on any atom is -0.497 e. The van der Waals surface area contributed by atoms with Gasteiger partial charge in [-0.05, 0) is 36.6 Å². The number of hydrogen-bond donors (Lipinski definition) is 2. The first-order chi connectivity index (χ1) is 14.4. The van der Waals surface area contributed by atoms with E-state index < -0.39 is 17.7 Å². The van der Waals surface area contributed by atoms with E-state index >= 15 is 0 Å². The van der Waals surface area contributed by atoms with Crippen LogP contribution in [0.1, 0.15) is 16.8 Å². The number of thioether (sulfide) groups is 1. The number of hydrazine groups is 1. The van der Waals surface area contributed by atoms with Crippen molar-refractivity contribution in [2.75, 3.05) is 31.9 Å². The lowest BCUT2D eigenvalue weighted by Gasteiger charge is -2.17. The number of rotatable bonds is 6. The number of hydrogen-bond acceptors (Lipinski definition) is 6. The van der Waals surface area contributed by atoms with E-state index in [0.29, 0.717) is 11.5 Å². The maximum absolute atomic E-state index is 12.5. The van der Waals surface area contributed by atoms with Gasteiger partial charge in [-0.15, -0.1) is 11.8 Å². The van der Waals surface area contributed by atoms with Crippen LogP contribution in [0.4, 0.5) is 5.69 Å². The molecule has 0 saturated carbocycles. The Labute approximate surface area is 178 Å². The molecule has 1 atom stereocenters. The number of ether oxygens (including phenoxy) is 2. The van der Waals surface area contributed by atoms with Gasteiger partial charge in [0.25, 0.3) is 5.91 Å². The van der Waals surface area contributed by atoms with Gasteiger partial charge in [0.15, 0.2) is 0 Å². The van der Waals surface area contributed by atoms with Gasteiger partial charge in [0.05, 0.1) is 20.1 Å². The highest BCUT2D eigenvalue weighted by Gasteiger charge is 2.35. The molecule has 2 aromatic carbocycles. The van der Waals surface area contributed by atoms with E-state index in [-0.39, 0.29) is 24.4 Å². The molecule has 0 radical (unpaired) electrons. The van der Waals surface area contributed by atoms with Crippen LogP contribution in [0, 0.1) is 5.92 Å². The van der Waals surface area contributed by atoms with Crippen LogP contribution in [-0.4, -0.2) is 44.7 Å². The van der Waals surface area contributed by atoms with Crippen LogP contribution in [0.15, 0.2) is 47.4 Å². The van der Waals surface area contributed by atoms with E-state index in [9.17, 15) is 14.4 Å². The number of nitrogens with one attached hydrogen (secondary N) is 2. The second-order valence-corrected chi connectivity index (χ2v) is 7.53. The molecule has 1 aliphatic rings. The van der Waals surface area contributed by atoms with Crippen molar-refractivity contribution in [1.82, 2.24) is 10.9 Å². The molecule has 2 aromatic rings. The summed E-state index contributed by atoms with van der Waals surface area (Å²) in [4.78, 5) is 40.0. The molecule has 0 unspecified atom stereocenters. The molecule has 1 heterocycles. The average molecular weight is 429 g/mol. The van der Waals surface area contributed by atoms with Crippen molar-refractivity contribution in [3.8, 4) is 11.5 Å². The summed E-state index contributed by atoms with van der Waals surface area (Å²) in [7, 11) is 2.96. The molecule has 2 N–H and O–H groups in total. The highest BCUT2D eigenvalue weighted by molar-refractivity contribution is 7.98. The molecule has 0 aliphatic carbocycles. The first kappa shape index (κ1) is 21.5. The quantitative estimate of drug-likeness (QED) is 0.540. The maximum atomic E-state index is 12.5. The van der Waals surface area contributed by atoms with Crippen molar-refractivity contribution in [3.63, 3.8) is 0 Å². The third-order valence-electron chi connectivity index (χ3n) is 4.77. The maximum Gasteiger partial charge on any atom is 0.269 e. The summed E-state index contributed by atoms with van der Waals surface area (Å²) in [6.07, 6.45) is 2.04. The zero-order chi connectivity index (χ0) is 21.7. The largest absolute Gasteiger partial charge is 0.497 e. The van der Waals surface area contributed by atoms with Gasteiger partial charge in [0.1, 0.15) is 11.5 Å². The molecule has 8 nitrogen and oxygen atoms in total. The Morgan fingerprint density at radius 2 is 1.77 bits per heavy atom. The van der Waals surface area contributed by atoms with E-state index in [4.69, 9.17) is 9.47 Å². The number of methoxy groups -OCH3 is 2. The van der Waals surface area contributed by atoms with Gasteiger partial charge >= 0.3 is 0 Å². The van der Waals surface area contributed by atoms with Crippen LogP contribution < -0.4 is 25.2 Å². The topological polar surface area (TPSA) is 97.0 Å². The van der Waals surface area contributed by atoms with Gasteiger partial charge < -0.3 is 14.4 Å². The molecular weight excluding hydrogens is 406 g/mol. The summed E-state index contributed by atoms with van der Waals surface area (Å²) in [6, 6.07) is 12.3. The molecule has 3 rings (SSSR count). The van der Waals surface area contributed by atoms with Gasteiger partial charge in [-0.2, -0.15) is 0 Å². The molecule has 0 aromatic heterocycles. The second-order valence-electron chi connectivity index (χ2n) is 6.65. The summed E-state index contributed by atoms with van der Waals surface area (Å²) in [6.45, 7) is 0.255. The van der Waals surface area contributed by atoms with E-state index in [1.807, 2.05) is 30.5 Å². The zero-order valence-corrected chi connectivity index (χ0v) is 17.7. The second kappa shape index (κ2) is 9.53. The molecule has 3 amide bonds. The van der Waals surface area contributed by atoms with E-state index in [2.05, 4.69) is 10.9 Å². The van der Waals surface area contributed by atoms with Gasteiger partial charge in [-0.1, -0.05) is 6.07 Å². The van der Waals surface area contributed by atoms with Crippen molar-refractivity contribution in [2.45, 2.75) is 11.3 Å². The fraction of sp³-hybridized carbons (Fsp3) is 0.286. The predicted octanol–water partition coefficient (Wildman–Crippen LogP) is 2.24. The lowest BCUT2D eigenvalue weighted by molar-refractivity contribution is -0.126. The Bertz CT molecular complexity index is 943. The van der Waals surface area contributed by atoms with Crippen molar-refractivity contribution in [2.24, 2.45) is 5.92 Å². The molecule has 9 heteroatoms. The van der Waals surface area contributed by atoms with Crippen LogP contribution in [0.2, 0.25) is 0 Å². The number of amides is 3. The first-order valence-corrected chi connectivity index (χ1v) is 10.4. The van der Waals surface area contributed by atoms with Gasteiger partial charge in [-0.3, -0.25) is 25.2 Å². The zero-order valence-electron chi connectivity index (χ0n) is 16.9. The van der Waals surface area contributed by atoms with Gasteiger partial charge in [-0.25, -0.2) is 0 Å². The molecule has 1 aliphatic heterocycles. The van der Waals surface area contributed by atoms with E-state index in [1.165, 1.54) is 26.4 Å². The molecule has 30 heavy (non-hydrogen) atoms. The number of carbonyl (C=O) groups excluding carboxylic acids is 3. The van der Waals surface area contributed by atoms with Crippen molar-refractivity contribution < 1.29 is 23.9 Å². The minimum atomic E-state index is -0.560. The lowest BCUT2D eigenvalue weighted by Crippen LogP contribution is -2.45. The number of anilines is 1. The Morgan fingerprint density at radius 1 is 1.07 bits per heavy atom. The summed E-state index contributed by atoms with van der Waals surface area (Å²) >= 11 is 1.58. The van der Waals surface area contributed by atoms with E-state index in [1.54, 1.807) is 22.7 Å². The summed E-state index contributed by atoms with van der Waals surface area (Å²) < 4.78 is 10.3. The van der Waals surface area contributed by atoms with Gasteiger partial charge in [0, 0.05) is 35.2 Å². The van der Waals surface area contributed by atoms with Crippen molar-refractivity contribution in [3.05, 3.63) is 48.0 Å². The molecule has 158 valence electrons. The first-order valence-electron chi connectivity index (χ1n) is 9.23. The van der Waals surface area contributed by atoms with Crippen LogP contribution in [0.25, 0.3) is 0 Å². The fourth-order valence-corrected chi connectivity index (χ4v) is 3.60. The highest BCUT2D eigenvalue weighted by Crippen LogP contribution is 2.28.